The average Bonchev–Trinajstić information content (AvgIpc) is 2.71. The Morgan fingerprint density at radius 3 is 2.76 bits per heavy atom. The quantitative estimate of drug-likeness (QED) is 0.779. The van der Waals surface area contributed by atoms with Crippen molar-refractivity contribution in [2.24, 2.45) is 0 Å². The van der Waals surface area contributed by atoms with E-state index in [9.17, 15) is 0 Å². The lowest BCUT2D eigenvalue weighted by atomic mass is 10.1. The first-order valence-electron chi connectivity index (χ1n) is 5.89. The van der Waals surface area contributed by atoms with Crippen LogP contribution in [0.1, 0.15) is 13.8 Å². The predicted octanol–water partition coefficient (Wildman–Crippen LogP) is 1.28. The van der Waals surface area contributed by atoms with Crippen LogP contribution in [-0.4, -0.2) is 54.3 Å². The molecule has 0 saturated heterocycles. The zero-order valence-electron chi connectivity index (χ0n) is 11.5. The molecule has 0 atom stereocenters. The van der Waals surface area contributed by atoms with Gasteiger partial charge >= 0.3 is 0 Å². The van der Waals surface area contributed by atoms with Crippen LogP contribution in [0, 0.1) is 0 Å². The number of aromatic nitrogens is 2. The van der Waals surface area contributed by atoms with Gasteiger partial charge in [-0.05, 0) is 27.9 Å². The maximum absolute atomic E-state index is 5.07. The van der Waals surface area contributed by atoms with Gasteiger partial charge in [-0.25, -0.2) is 4.98 Å². The molecule has 0 spiro atoms. The van der Waals surface area contributed by atoms with Crippen LogP contribution in [-0.2, 0) is 11.3 Å². The summed E-state index contributed by atoms with van der Waals surface area (Å²) in [5, 5.41) is 3.38. The minimum absolute atomic E-state index is 0.0953. The van der Waals surface area contributed by atoms with Crippen LogP contribution in [0.5, 0.6) is 0 Å². The van der Waals surface area contributed by atoms with Crippen molar-refractivity contribution < 1.29 is 4.74 Å². The molecule has 1 heterocycles. The molecular formula is C12H24N4O. The first-order valence-corrected chi connectivity index (χ1v) is 5.89. The molecule has 0 fully saturated rings. The lowest BCUT2D eigenvalue weighted by molar-refractivity contribution is 0.187. The van der Waals surface area contributed by atoms with Gasteiger partial charge in [0.1, 0.15) is 0 Å². The summed E-state index contributed by atoms with van der Waals surface area (Å²) in [4.78, 5) is 6.51. The maximum atomic E-state index is 5.07. The van der Waals surface area contributed by atoms with Crippen molar-refractivity contribution in [2.45, 2.75) is 25.9 Å². The minimum Gasteiger partial charge on any atom is -0.383 e. The van der Waals surface area contributed by atoms with Crippen LogP contribution in [0.3, 0.4) is 0 Å². The summed E-state index contributed by atoms with van der Waals surface area (Å²) in [7, 11) is 5.87. The van der Waals surface area contributed by atoms with E-state index in [2.05, 4.69) is 47.7 Å². The van der Waals surface area contributed by atoms with Crippen molar-refractivity contribution in [2.75, 3.05) is 39.7 Å². The summed E-state index contributed by atoms with van der Waals surface area (Å²) < 4.78 is 7.13. The third kappa shape index (κ3) is 4.02. The second kappa shape index (κ2) is 6.02. The van der Waals surface area contributed by atoms with Crippen LogP contribution in [0.2, 0.25) is 0 Å². The fourth-order valence-electron chi connectivity index (χ4n) is 1.30. The zero-order valence-corrected chi connectivity index (χ0v) is 11.5. The average molecular weight is 240 g/mol. The molecule has 0 aliphatic rings. The molecule has 0 bridgehead atoms. The Balaban J connectivity index is 2.54. The highest BCUT2D eigenvalue weighted by Crippen LogP contribution is 2.12. The number of hydrogen-bond acceptors (Lipinski definition) is 4. The van der Waals surface area contributed by atoms with Gasteiger partial charge in [-0.3, -0.25) is 0 Å². The zero-order chi connectivity index (χ0) is 12.9. The highest BCUT2D eigenvalue weighted by molar-refractivity contribution is 5.26. The number of hydrogen-bond donors (Lipinski definition) is 1. The monoisotopic (exact) mass is 240 g/mol. The highest BCUT2D eigenvalue weighted by atomic mass is 16.5. The van der Waals surface area contributed by atoms with E-state index in [1.807, 2.05) is 6.20 Å². The molecule has 1 rings (SSSR count). The number of imidazole rings is 1. The summed E-state index contributed by atoms with van der Waals surface area (Å²) >= 11 is 0. The van der Waals surface area contributed by atoms with Crippen LogP contribution in [0.4, 0.5) is 5.95 Å². The lowest BCUT2D eigenvalue weighted by Crippen LogP contribution is -2.44. The molecular weight excluding hydrogens is 216 g/mol. The normalized spacial score (nSPS) is 12.1. The topological polar surface area (TPSA) is 42.3 Å². The largest absolute Gasteiger partial charge is 0.383 e. The van der Waals surface area contributed by atoms with Crippen molar-refractivity contribution in [1.29, 1.82) is 0 Å². The maximum Gasteiger partial charge on any atom is 0.202 e. The van der Waals surface area contributed by atoms with E-state index in [1.165, 1.54) is 0 Å². The smallest absolute Gasteiger partial charge is 0.202 e. The molecule has 17 heavy (non-hydrogen) atoms. The van der Waals surface area contributed by atoms with Gasteiger partial charge in [0.2, 0.25) is 5.95 Å². The van der Waals surface area contributed by atoms with Crippen molar-refractivity contribution in [1.82, 2.24) is 14.5 Å². The van der Waals surface area contributed by atoms with E-state index in [0.717, 1.165) is 19.0 Å². The molecule has 0 amide bonds. The molecule has 5 nitrogen and oxygen atoms in total. The van der Waals surface area contributed by atoms with E-state index < -0.39 is 0 Å². The summed E-state index contributed by atoms with van der Waals surface area (Å²) in [6, 6.07) is 0. The first kappa shape index (κ1) is 14.0. The van der Waals surface area contributed by atoms with Crippen molar-refractivity contribution in [3.8, 4) is 0 Å². The van der Waals surface area contributed by atoms with Crippen LogP contribution in [0.15, 0.2) is 12.4 Å². The second-order valence-corrected chi connectivity index (χ2v) is 5.00. The Bertz CT molecular complexity index is 333. The van der Waals surface area contributed by atoms with E-state index in [0.29, 0.717) is 6.61 Å². The molecule has 0 aliphatic carbocycles. The lowest BCUT2D eigenvalue weighted by Gasteiger charge is -2.32. The fraction of sp³-hybridized carbons (Fsp3) is 0.750. The molecule has 5 heteroatoms. The van der Waals surface area contributed by atoms with Gasteiger partial charge in [0, 0.05) is 38.1 Å². The van der Waals surface area contributed by atoms with Crippen molar-refractivity contribution in [3.05, 3.63) is 12.4 Å². The second-order valence-electron chi connectivity index (χ2n) is 5.00. The number of anilines is 1. The summed E-state index contributed by atoms with van der Waals surface area (Å²) in [5.41, 5.74) is 0.0953. The molecule has 0 aromatic carbocycles. The Labute approximate surface area is 104 Å². The number of likely N-dealkylation sites (N-methyl/N-ethyl adjacent to an activating group) is 1. The van der Waals surface area contributed by atoms with E-state index in [-0.39, 0.29) is 5.54 Å². The molecule has 0 radical (unpaired) electrons. The highest BCUT2D eigenvalue weighted by Gasteiger charge is 2.20. The predicted molar refractivity (Wildman–Crippen MR) is 70.4 cm³/mol. The Kier molecular flexibility index (Phi) is 4.96. The molecule has 0 unspecified atom stereocenters. The summed E-state index contributed by atoms with van der Waals surface area (Å²) in [5.74, 6) is 0.900. The standard InChI is InChI=1S/C12H24N4O/c1-12(2,15(3)4)10-14-11-13-6-7-16(11)8-9-17-5/h6-7H,8-10H2,1-5H3,(H,13,14). The van der Waals surface area contributed by atoms with Gasteiger partial charge < -0.3 is 19.5 Å². The third-order valence-corrected chi connectivity index (χ3v) is 3.14. The van der Waals surface area contributed by atoms with Crippen LogP contribution >= 0.6 is 0 Å². The first-order chi connectivity index (χ1) is 7.97. The van der Waals surface area contributed by atoms with E-state index in [1.54, 1.807) is 13.3 Å². The Morgan fingerprint density at radius 2 is 2.18 bits per heavy atom. The van der Waals surface area contributed by atoms with Crippen molar-refractivity contribution in [3.63, 3.8) is 0 Å². The minimum atomic E-state index is 0.0953. The third-order valence-electron chi connectivity index (χ3n) is 3.14. The van der Waals surface area contributed by atoms with Gasteiger partial charge in [-0.15, -0.1) is 0 Å². The van der Waals surface area contributed by atoms with Gasteiger partial charge in [0.15, 0.2) is 0 Å². The van der Waals surface area contributed by atoms with Gasteiger partial charge in [-0.2, -0.15) is 0 Å². The number of ether oxygens (including phenoxy) is 1. The number of methoxy groups -OCH3 is 1. The summed E-state index contributed by atoms with van der Waals surface area (Å²) in [6.07, 6.45) is 3.77. The molecule has 0 saturated carbocycles. The molecule has 98 valence electrons. The summed E-state index contributed by atoms with van der Waals surface area (Å²) in [6.45, 7) is 6.76. The fourth-order valence-corrected chi connectivity index (χ4v) is 1.30. The van der Waals surface area contributed by atoms with Crippen molar-refractivity contribution >= 4 is 5.95 Å². The van der Waals surface area contributed by atoms with Crippen LogP contribution < -0.4 is 5.32 Å². The van der Waals surface area contributed by atoms with E-state index in [4.69, 9.17) is 4.74 Å². The number of nitrogens with one attached hydrogen (secondary N) is 1. The van der Waals surface area contributed by atoms with Gasteiger partial charge in [0.05, 0.1) is 6.61 Å². The molecule has 0 aliphatic heterocycles. The van der Waals surface area contributed by atoms with Crippen LogP contribution in [0.25, 0.3) is 0 Å². The number of nitrogens with zero attached hydrogens (tertiary/aromatic N) is 3. The van der Waals surface area contributed by atoms with Gasteiger partial charge in [-0.1, -0.05) is 0 Å². The SMILES string of the molecule is COCCn1ccnc1NCC(C)(C)N(C)C. The van der Waals surface area contributed by atoms with E-state index >= 15 is 0 Å². The molecule has 1 aromatic rings. The Morgan fingerprint density at radius 1 is 1.47 bits per heavy atom. The number of rotatable bonds is 7. The Hall–Kier alpha value is -1.07. The molecule has 1 aromatic heterocycles. The molecule has 1 N–H and O–H groups in total. The van der Waals surface area contributed by atoms with Gasteiger partial charge in [0.25, 0.3) is 0 Å².